The van der Waals surface area contributed by atoms with Gasteiger partial charge in [0.15, 0.2) is 11.0 Å². The number of thioether (sulfide) groups is 1. The van der Waals surface area contributed by atoms with Crippen molar-refractivity contribution in [1.82, 2.24) is 20.1 Å². The lowest BCUT2D eigenvalue weighted by molar-refractivity contribution is -0.113. The third-order valence-electron chi connectivity index (χ3n) is 4.85. The maximum Gasteiger partial charge on any atom is 0.251 e. The second-order valence-electron chi connectivity index (χ2n) is 7.05. The van der Waals surface area contributed by atoms with Gasteiger partial charge in [-0.25, -0.2) is 0 Å². The Morgan fingerprint density at radius 2 is 1.80 bits per heavy atom. The van der Waals surface area contributed by atoms with E-state index in [1.165, 1.54) is 11.8 Å². The molecular formula is C22H25N5O2S. The van der Waals surface area contributed by atoms with Crippen LogP contribution in [0, 0.1) is 13.8 Å². The van der Waals surface area contributed by atoms with Crippen LogP contribution in [-0.4, -0.2) is 32.3 Å². The molecular weight excluding hydrogens is 398 g/mol. The molecule has 0 spiro atoms. The van der Waals surface area contributed by atoms with Crippen LogP contribution < -0.4 is 10.6 Å². The summed E-state index contributed by atoms with van der Waals surface area (Å²) in [5, 5.41) is 14.8. The largest absolute Gasteiger partial charge is 0.342 e. The molecule has 2 N–H and O–H groups in total. The van der Waals surface area contributed by atoms with E-state index in [-0.39, 0.29) is 23.6 Å². The number of amides is 2. The number of benzene rings is 2. The highest BCUT2D eigenvalue weighted by Crippen LogP contribution is 2.21. The molecule has 0 aliphatic carbocycles. The zero-order valence-corrected chi connectivity index (χ0v) is 18.3. The van der Waals surface area contributed by atoms with Crippen LogP contribution >= 0.6 is 11.8 Å². The van der Waals surface area contributed by atoms with Crippen molar-refractivity contribution in [2.24, 2.45) is 7.05 Å². The molecule has 156 valence electrons. The van der Waals surface area contributed by atoms with Crippen molar-refractivity contribution < 1.29 is 9.59 Å². The van der Waals surface area contributed by atoms with E-state index in [0.717, 1.165) is 16.8 Å². The number of carbonyl (C=O) groups excluding carboxylic acids is 2. The predicted octanol–water partition coefficient (Wildman–Crippen LogP) is 3.65. The second-order valence-corrected chi connectivity index (χ2v) is 7.99. The number of hydrogen-bond acceptors (Lipinski definition) is 5. The van der Waals surface area contributed by atoms with Gasteiger partial charge in [-0.3, -0.25) is 9.59 Å². The van der Waals surface area contributed by atoms with Crippen molar-refractivity contribution in [1.29, 1.82) is 0 Å². The normalized spacial score (nSPS) is 11.7. The van der Waals surface area contributed by atoms with Gasteiger partial charge in [-0.2, -0.15) is 0 Å². The van der Waals surface area contributed by atoms with Crippen LogP contribution in [0.1, 0.15) is 40.3 Å². The second kappa shape index (κ2) is 9.58. The van der Waals surface area contributed by atoms with E-state index in [4.69, 9.17) is 0 Å². The maximum atomic E-state index is 12.4. The number of anilines is 1. The van der Waals surface area contributed by atoms with Gasteiger partial charge in [0.1, 0.15) is 0 Å². The molecule has 0 unspecified atom stereocenters. The Hall–Kier alpha value is -3.13. The topological polar surface area (TPSA) is 88.9 Å². The standard InChI is InChI=1S/C22H25N5O2S/c1-14-9-8-12-18(15(14)2)24-19(28)13-30-22-26-25-20(27(22)4)16(3)23-21(29)17-10-6-5-7-11-17/h5-12,16H,13H2,1-4H3,(H,23,29)(H,24,28)/t16-/m1/s1. The molecule has 3 aromatic rings. The van der Waals surface area contributed by atoms with Crippen LogP contribution in [0.15, 0.2) is 53.7 Å². The zero-order valence-electron chi connectivity index (χ0n) is 17.5. The van der Waals surface area contributed by atoms with Crippen LogP contribution in [-0.2, 0) is 11.8 Å². The molecule has 0 aliphatic heterocycles. The molecule has 0 aliphatic rings. The lowest BCUT2D eigenvalue weighted by atomic mass is 10.1. The van der Waals surface area contributed by atoms with E-state index >= 15 is 0 Å². The number of carbonyl (C=O) groups is 2. The smallest absolute Gasteiger partial charge is 0.251 e. The van der Waals surface area contributed by atoms with Crippen LogP contribution in [0.25, 0.3) is 0 Å². The van der Waals surface area contributed by atoms with E-state index in [1.54, 1.807) is 16.7 Å². The van der Waals surface area contributed by atoms with Gasteiger partial charge in [0.2, 0.25) is 5.91 Å². The van der Waals surface area contributed by atoms with Crippen LogP contribution in [0.5, 0.6) is 0 Å². The third kappa shape index (κ3) is 5.07. The fraction of sp³-hybridized carbons (Fsp3) is 0.273. The highest BCUT2D eigenvalue weighted by Gasteiger charge is 2.19. The van der Waals surface area contributed by atoms with E-state index < -0.39 is 0 Å². The van der Waals surface area contributed by atoms with E-state index in [9.17, 15) is 9.59 Å². The summed E-state index contributed by atoms with van der Waals surface area (Å²) in [4.78, 5) is 24.7. The van der Waals surface area contributed by atoms with Gasteiger partial charge in [-0.05, 0) is 50.1 Å². The van der Waals surface area contributed by atoms with Gasteiger partial charge in [0, 0.05) is 18.3 Å². The Morgan fingerprint density at radius 1 is 1.07 bits per heavy atom. The molecule has 0 fully saturated rings. The molecule has 1 aromatic heterocycles. The first-order valence-electron chi connectivity index (χ1n) is 9.61. The molecule has 1 atom stereocenters. The van der Waals surface area contributed by atoms with Crippen molar-refractivity contribution in [2.45, 2.75) is 32.0 Å². The predicted molar refractivity (Wildman–Crippen MR) is 119 cm³/mol. The number of aromatic nitrogens is 3. The first-order valence-corrected chi connectivity index (χ1v) is 10.6. The Kier molecular flexibility index (Phi) is 6.89. The summed E-state index contributed by atoms with van der Waals surface area (Å²) in [5.74, 6) is 0.554. The Morgan fingerprint density at radius 3 is 2.53 bits per heavy atom. The number of aryl methyl sites for hydroxylation is 1. The summed E-state index contributed by atoms with van der Waals surface area (Å²) in [6.45, 7) is 5.85. The summed E-state index contributed by atoms with van der Waals surface area (Å²) in [7, 11) is 1.82. The summed E-state index contributed by atoms with van der Waals surface area (Å²) in [5.41, 5.74) is 3.59. The summed E-state index contributed by atoms with van der Waals surface area (Å²) < 4.78 is 1.80. The van der Waals surface area contributed by atoms with Gasteiger partial charge in [-0.15, -0.1) is 10.2 Å². The van der Waals surface area contributed by atoms with Crippen molar-refractivity contribution in [3.8, 4) is 0 Å². The van der Waals surface area contributed by atoms with Gasteiger partial charge in [0.05, 0.1) is 11.8 Å². The average molecular weight is 424 g/mol. The summed E-state index contributed by atoms with van der Waals surface area (Å²) in [6.07, 6.45) is 0. The van der Waals surface area contributed by atoms with Gasteiger partial charge >= 0.3 is 0 Å². The molecule has 0 bridgehead atoms. The molecule has 0 radical (unpaired) electrons. The molecule has 1 heterocycles. The summed E-state index contributed by atoms with van der Waals surface area (Å²) in [6, 6.07) is 14.5. The van der Waals surface area contributed by atoms with Crippen LogP contribution in [0.4, 0.5) is 5.69 Å². The van der Waals surface area contributed by atoms with Crippen LogP contribution in [0.3, 0.4) is 0 Å². The van der Waals surface area contributed by atoms with Gasteiger partial charge < -0.3 is 15.2 Å². The fourth-order valence-corrected chi connectivity index (χ4v) is 3.68. The molecule has 0 saturated heterocycles. The lowest BCUT2D eigenvalue weighted by Gasteiger charge is -2.13. The molecule has 30 heavy (non-hydrogen) atoms. The first-order chi connectivity index (χ1) is 14.4. The minimum Gasteiger partial charge on any atom is -0.342 e. The number of hydrogen-bond donors (Lipinski definition) is 2. The van der Waals surface area contributed by atoms with Crippen LogP contribution in [0.2, 0.25) is 0 Å². The van der Waals surface area contributed by atoms with Crippen molar-refractivity contribution in [3.05, 3.63) is 71.0 Å². The monoisotopic (exact) mass is 423 g/mol. The highest BCUT2D eigenvalue weighted by atomic mass is 32.2. The van der Waals surface area contributed by atoms with E-state index in [0.29, 0.717) is 16.5 Å². The highest BCUT2D eigenvalue weighted by molar-refractivity contribution is 7.99. The summed E-state index contributed by atoms with van der Waals surface area (Å²) >= 11 is 1.30. The molecule has 8 heteroatoms. The minimum absolute atomic E-state index is 0.108. The molecule has 2 aromatic carbocycles. The fourth-order valence-electron chi connectivity index (χ4n) is 2.97. The van der Waals surface area contributed by atoms with Gasteiger partial charge in [0.25, 0.3) is 5.91 Å². The molecule has 0 saturated carbocycles. The molecule has 3 rings (SSSR count). The average Bonchev–Trinajstić information content (AvgIpc) is 3.11. The van der Waals surface area contributed by atoms with Crippen molar-refractivity contribution in [3.63, 3.8) is 0 Å². The van der Waals surface area contributed by atoms with E-state index in [2.05, 4.69) is 20.8 Å². The molecule has 7 nitrogen and oxygen atoms in total. The van der Waals surface area contributed by atoms with Crippen molar-refractivity contribution >= 4 is 29.3 Å². The third-order valence-corrected chi connectivity index (χ3v) is 5.87. The number of nitrogens with one attached hydrogen (secondary N) is 2. The van der Waals surface area contributed by atoms with Crippen molar-refractivity contribution in [2.75, 3.05) is 11.1 Å². The number of nitrogens with zero attached hydrogens (tertiary/aromatic N) is 3. The SMILES string of the molecule is Cc1cccc(NC(=O)CSc2nnc([C@@H](C)NC(=O)c3ccccc3)n2C)c1C. The Labute approximate surface area is 180 Å². The molecule has 2 amide bonds. The van der Waals surface area contributed by atoms with Gasteiger partial charge in [-0.1, -0.05) is 42.1 Å². The first kappa shape index (κ1) is 21.6. The minimum atomic E-state index is -0.326. The quantitative estimate of drug-likeness (QED) is 0.566. The van der Waals surface area contributed by atoms with E-state index in [1.807, 2.05) is 64.2 Å². The lowest BCUT2D eigenvalue weighted by Crippen LogP contribution is -2.28. The Bertz CT molecular complexity index is 1050. The Balaban J connectivity index is 1.59. The maximum absolute atomic E-state index is 12.4. The number of rotatable bonds is 7. The zero-order chi connectivity index (χ0) is 21.7.